The van der Waals surface area contributed by atoms with Crippen LogP contribution in [0.2, 0.25) is 0 Å². The average Bonchev–Trinajstić information content (AvgIpc) is 3.52. The van der Waals surface area contributed by atoms with Gasteiger partial charge in [0.25, 0.3) is 0 Å². The fourth-order valence-electron chi connectivity index (χ4n) is 6.67. The lowest BCUT2D eigenvalue weighted by molar-refractivity contribution is -0.0646. The second-order valence-corrected chi connectivity index (χ2v) is 12.3. The van der Waals surface area contributed by atoms with E-state index in [4.69, 9.17) is 9.47 Å². The zero-order chi connectivity index (χ0) is 20.7. The Bertz CT molecular complexity index is 565. The Balaban J connectivity index is 1.12. The van der Waals surface area contributed by atoms with Crippen molar-refractivity contribution < 1.29 is 18.3 Å². The molecule has 0 spiro atoms. The van der Waals surface area contributed by atoms with Crippen molar-refractivity contribution in [2.75, 3.05) is 13.2 Å². The van der Waals surface area contributed by atoms with Crippen molar-refractivity contribution in [3.63, 3.8) is 0 Å². The molecule has 0 amide bonds. The summed E-state index contributed by atoms with van der Waals surface area (Å²) in [4.78, 5) is 0. The van der Waals surface area contributed by atoms with Crippen LogP contribution < -0.4 is 0 Å². The first-order valence-corrected chi connectivity index (χ1v) is 13.7. The summed E-state index contributed by atoms with van der Waals surface area (Å²) >= 11 is 1.61. The fourth-order valence-corrected chi connectivity index (χ4v) is 8.76. The van der Waals surface area contributed by atoms with Crippen molar-refractivity contribution in [2.45, 2.75) is 113 Å². The van der Waals surface area contributed by atoms with Crippen LogP contribution in [0.4, 0.5) is 8.78 Å². The van der Waals surface area contributed by atoms with Gasteiger partial charge < -0.3 is 9.47 Å². The van der Waals surface area contributed by atoms with E-state index in [1.54, 1.807) is 11.8 Å². The zero-order valence-corrected chi connectivity index (χ0v) is 19.3. The third kappa shape index (κ3) is 4.59. The summed E-state index contributed by atoms with van der Waals surface area (Å²) in [5, 5.41) is -0.144. The molecule has 30 heavy (non-hydrogen) atoms. The minimum absolute atomic E-state index is 0.0701. The first-order valence-electron chi connectivity index (χ1n) is 12.8. The second kappa shape index (κ2) is 9.55. The standard InChI is InChI=1S/C25H40F2O2S/c1-2-15-3-5-16(6-4-15)13-28-20-11-9-18-19-10-12-21(29-14-17-7-8-17)23(27)25(19)30-24(18)22(20)26/h15-25H,2-14H2,1H3. The first-order chi connectivity index (χ1) is 14.6. The van der Waals surface area contributed by atoms with E-state index in [1.807, 2.05) is 0 Å². The minimum Gasteiger partial charge on any atom is -0.375 e. The molecule has 5 rings (SSSR count). The SMILES string of the molecule is CCC1CCC(COC2CCC3C4CCC(OCC5CC5)C(F)C4SC3C2F)CC1. The summed E-state index contributed by atoms with van der Waals surface area (Å²) in [6.45, 7) is 3.73. The van der Waals surface area contributed by atoms with Crippen LogP contribution in [-0.2, 0) is 9.47 Å². The van der Waals surface area contributed by atoms with Crippen molar-refractivity contribution in [3.05, 3.63) is 0 Å². The molecule has 0 bridgehead atoms. The van der Waals surface area contributed by atoms with Gasteiger partial charge in [0.15, 0.2) is 0 Å². The molecule has 5 heteroatoms. The van der Waals surface area contributed by atoms with Crippen LogP contribution in [0, 0.1) is 29.6 Å². The number of hydrogen-bond donors (Lipinski definition) is 0. The molecule has 8 atom stereocenters. The van der Waals surface area contributed by atoms with Crippen LogP contribution in [0.1, 0.15) is 77.6 Å². The van der Waals surface area contributed by atoms with E-state index in [2.05, 4.69) is 6.92 Å². The van der Waals surface area contributed by atoms with Crippen molar-refractivity contribution in [3.8, 4) is 0 Å². The Labute approximate surface area is 185 Å². The summed E-state index contributed by atoms with van der Waals surface area (Å²) < 4.78 is 42.9. The number of alkyl halides is 2. The molecule has 1 heterocycles. The normalized spacial score (nSPS) is 48.9. The molecule has 172 valence electrons. The predicted molar refractivity (Wildman–Crippen MR) is 118 cm³/mol. The summed E-state index contributed by atoms with van der Waals surface area (Å²) in [6, 6.07) is 0. The summed E-state index contributed by atoms with van der Waals surface area (Å²) in [7, 11) is 0. The molecule has 0 N–H and O–H groups in total. The maximum Gasteiger partial charge on any atom is 0.138 e. The highest BCUT2D eigenvalue weighted by molar-refractivity contribution is 8.00. The highest BCUT2D eigenvalue weighted by Crippen LogP contribution is 2.56. The number of halogens is 2. The lowest BCUT2D eigenvalue weighted by atomic mass is 9.71. The Morgan fingerprint density at radius 1 is 0.633 bits per heavy atom. The maximum absolute atomic E-state index is 15.5. The van der Waals surface area contributed by atoms with Crippen LogP contribution >= 0.6 is 11.8 Å². The van der Waals surface area contributed by atoms with E-state index in [-0.39, 0.29) is 22.7 Å². The number of hydrogen-bond acceptors (Lipinski definition) is 3. The van der Waals surface area contributed by atoms with Crippen molar-refractivity contribution in [2.24, 2.45) is 29.6 Å². The monoisotopic (exact) mass is 442 g/mol. The van der Waals surface area contributed by atoms with Crippen molar-refractivity contribution >= 4 is 11.8 Å². The third-order valence-electron chi connectivity index (χ3n) is 8.95. The van der Waals surface area contributed by atoms with Gasteiger partial charge in [0, 0.05) is 23.7 Å². The van der Waals surface area contributed by atoms with Crippen LogP contribution in [-0.4, -0.2) is 48.3 Å². The molecule has 0 aromatic carbocycles. The minimum atomic E-state index is -0.940. The van der Waals surface area contributed by atoms with E-state index in [1.165, 1.54) is 44.9 Å². The second-order valence-electron chi connectivity index (χ2n) is 10.9. The van der Waals surface area contributed by atoms with Gasteiger partial charge in [-0.3, -0.25) is 0 Å². The van der Waals surface area contributed by atoms with E-state index in [0.29, 0.717) is 23.7 Å². The highest BCUT2D eigenvalue weighted by Gasteiger charge is 2.56. The average molecular weight is 443 g/mol. The Morgan fingerprint density at radius 2 is 1.07 bits per heavy atom. The molecule has 4 saturated carbocycles. The largest absolute Gasteiger partial charge is 0.375 e. The predicted octanol–water partition coefficient (Wildman–Crippen LogP) is 6.36. The molecule has 5 fully saturated rings. The van der Waals surface area contributed by atoms with Gasteiger partial charge in [-0.25, -0.2) is 8.78 Å². The molecule has 1 aliphatic heterocycles. The maximum atomic E-state index is 15.5. The molecule has 5 aliphatic rings. The van der Waals surface area contributed by atoms with E-state index >= 15 is 8.78 Å². The number of fused-ring (bicyclic) bond motifs is 3. The van der Waals surface area contributed by atoms with Crippen molar-refractivity contribution in [1.82, 2.24) is 0 Å². The molecule has 8 unspecified atom stereocenters. The Hall–Kier alpha value is 0.130. The van der Waals surface area contributed by atoms with E-state index < -0.39 is 12.3 Å². The number of rotatable bonds is 7. The molecule has 0 aromatic rings. The molecular weight excluding hydrogens is 402 g/mol. The first kappa shape index (κ1) is 21.9. The molecule has 2 nitrogen and oxygen atoms in total. The third-order valence-corrected chi connectivity index (χ3v) is 10.8. The lowest BCUT2D eigenvalue weighted by Gasteiger charge is -2.39. The summed E-state index contributed by atoms with van der Waals surface area (Å²) in [5.74, 6) is 2.82. The van der Waals surface area contributed by atoms with E-state index in [0.717, 1.165) is 44.8 Å². The molecular formula is C25H40F2O2S. The zero-order valence-electron chi connectivity index (χ0n) is 18.5. The number of thioether (sulfide) groups is 1. The van der Waals surface area contributed by atoms with Gasteiger partial charge in [-0.1, -0.05) is 26.2 Å². The van der Waals surface area contributed by atoms with E-state index in [9.17, 15) is 0 Å². The van der Waals surface area contributed by atoms with Gasteiger partial charge in [-0.15, -0.1) is 11.8 Å². The van der Waals surface area contributed by atoms with Gasteiger partial charge >= 0.3 is 0 Å². The van der Waals surface area contributed by atoms with Gasteiger partial charge in [0.05, 0.1) is 12.2 Å². The topological polar surface area (TPSA) is 18.5 Å². The highest BCUT2D eigenvalue weighted by atomic mass is 32.2. The molecule has 0 radical (unpaired) electrons. The Morgan fingerprint density at radius 3 is 1.50 bits per heavy atom. The summed E-state index contributed by atoms with van der Waals surface area (Å²) in [5.41, 5.74) is 0. The molecule has 0 aromatic heterocycles. The van der Waals surface area contributed by atoms with Crippen LogP contribution in [0.3, 0.4) is 0 Å². The lowest BCUT2D eigenvalue weighted by Crippen LogP contribution is -2.45. The van der Waals surface area contributed by atoms with Gasteiger partial charge in [-0.05, 0) is 81.0 Å². The van der Waals surface area contributed by atoms with Crippen LogP contribution in [0.25, 0.3) is 0 Å². The van der Waals surface area contributed by atoms with Crippen LogP contribution in [0.5, 0.6) is 0 Å². The molecule has 1 saturated heterocycles. The van der Waals surface area contributed by atoms with Gasteiger partial charge in [0.1, 0.15) is 12.3 Å². The summed E-state index contributed by atoms with van der Waals surface area (Å²) in [6.07, 6.45) is 10.1. The van der Waals surface area contributed by atoms with Crippen LogP contribution in [0.15, 0.2) is 0 Å². The molecule has 4 aliphatic carbocycles. The Kier molecular flexibility index (Phi) is 6.99. The van der Waals surface area contributed by atoms with Crippen molar-refractivity contribution in [1.29, 1.82) is 0 Å². The quantitative estimate of drug-likeness (QED) is 0.457. The number of ether oxygens (including phenoxy) is 2. The smallest absolute Gasteiger partial charge is 0.138 e. The van der Waals surface area contributed by atoms with Gasteiger partial charge in [-0.2, -0.15) is 0 Å². The fraction of sp³-hybridized carbons (Fsp3) is 1.00. The van der Waals surface area contributed by atoms with Gasteiger partial charge in [0.2, 0.25) is 0 Å².